The van der Waals surface area contributed by atoms with Gasteiger partial charge in [-0.2, -0.15) is 0 Å². The van der Waals surface area contributed by atoms with Crippen LogP contribution in [0.4, 0.5) is 0 Å². The van der Waals surface area contributed by atoms with Gasteiger partial charge in [0.15, 0.2) is 0 Å². The average Bonchev–Trinajstić information content (AvgIpc) is 2.94. The van der Waals surface area contributed by atoms with E-state index in [1.54, 1.807) is 0 Å². The molecule has 1 N–H and O–H groups in total. The van der Waals surface area contributed by atoms with Crippen molar-refractivity contribution in [2.75, 3.05) is 13.1 Å². The van der Waals surface area contributed by atoms with E-state index in [9.17, 15) is 4.79 Å². The molecule has 0 radical (unpaired) electrons. The van der Waals surface area contributed by atoms with Gasteiger partial charge in [0.05, 0.1) is 5.54 Å². The van der Waals surface area contributed by atoms with E-state index in [1.807, 2.05) is 36.1 Å². The zero-order valence-corrected chi connectivity index (χ0v) is 13.0. The lowest BCUT2D eigenvalue weighted by atomic mass is 9.92. The van der Waals surface area contributed by atoms with E-state index >= 15 is 0 Å². The zero-order chi connectivity index (χ0) is 14.6. The van der Waals surface area contributed by atoms with Crippen molar-refractivity contribution in [1.82, 2.24) is 10.2 Å². The van der Waals surface area contributed by atoms with Crippen LogP contribution in [-0.2, 0) is 11.3 Å². The second-order valence-corrected chi connectivity index (χ2v) is 5.85. The molecule has 0 spiro atoms. The summed E-state index contributed by atoms with van der Waals surface area (Å²) in [6, 6.07) is 7.73. The molecule has 3 nitrogen and oxygen atoms in total. The number of likely N-dealkylation sites (N-methyl/N-ethyl adjacent to an activating group) is 1. The van der Waals surface area contributed by atoms with Gasteiger partial charge in [-0.3, -0.25) is 4.79 Å². The maximum Gasteiger partial charge on any atom is 0.243 e. The van der Waals surface area contributed by atoms with Crippen molar-refractivity contribution in [3.05, 3.63) is 34.9 Å². The Morgan fingerprint density at radius 2 is 2.25 bits per heavy atom. The van der Waals surface area contributed by atoms with Gasteiger partial charge < -0.3 is 10.2 Å². The molecule has 20 heavy (non-hydrogen) atoms. The number of nitrogens with one attached hydrogen (secondary N) is 1. The summed E-state index contributed by atoms with van der Waals surface area (Å²) >= 11 is 6.02. The van der Waals surface area contributed by atoms with Crippen LogP contribution < -0.4 is 5.32 Å². The van der Waals surface area contributed by atoms with Crippen molar-refractivity contribution >= 4 is 17.5 Å². The van der Waals surface area contributed by atoms with Gasteiger partial charge in [-0.05, 0) is 50.4 Å². The standard InChI is InChI=1S/C16H23ClN2O/c1-3-16(9-6-10-18-16)15(20)19(4-2)12-13-7-5-8-14(17)11-13/h5,7-8,11,18H,3-4,6,9-10,12H2,1-2H3. The maximum absolute atomic E-state index is 12.8. The summed E-state index contributed by atoms with van der Waals surface area (Å²) in [5.74, 6) is 0.222. The number of carbonyl (C=O) groups excluding carboxylic acids is 1. The maximum atomic E-state index is 12.8. The van der Waals surface area contributed by atoms with Crippen LogP contribution in [0.3, 0.4) is 0 Å². The molecular formula is C16H23ClN2O. The number of hydrogen-bond acceptors (Lipinski definition) is 2. The Hall–Kier alpha value is -1.06. The molecule has 1 aliphatic rings. The van der Waals surface area contributed by atoms with Crippen LogP contribution >= 0.6 is 11.6 Å². The van der Waals surface area contributed by atoms with E-state index in [0.717, 1.165) is 42.9 Å². The van der Waals surface area contributed by atoms with Crippen LogP contribution in [0.15, 0.2) is 24.3 Å². The van der Waals surface area contributed by atoms with Crippen LogP contribution in [0.5, 0.6) is 0 Å². The fourth-order valence-electron chi connectivity index (χ4n) is 2.93. The molecule has 4 heteroatoms. The molecule has 1 saturated heterocycles. The summed E-state index contributed by atoms with van der Waals surface area (Å²) in [7, 11) is 0. The lowest BCUT2D eigenvalue weighted by Gasteiger charge is -2.33. The molecule has 0 bridgehead atoms. The van der Waals surface area contributed by atoms with Gasteiger partial charge in [-0.15, -0.1) is 0 Å². The zero-order valence-electron chi connectivity index (χ0n) is 12.3. The SMILES string of the molecule is CCN(Cc1cccc(Cl)c1)C(=O)C1(CC)CCCN1. The van der Waals surface area contributed by atoms with E-state index in [0.29, 0.717) is 6.54 Å². The lowest BCUT2D eigenvalue weighted by Crippen LogP contribution is -2.54. The van der Waals surface area contributed by atoms with Crippen molar-refractivity contribution in [3.63, 3.8) is 0 Å². The van der Waals surface area contributed by atoms with Crippen LogP contribution in [0.1, 0.15) is 38.7 Å². The van der Waals surface area contributed by atoms with Gasteiger partial charge in [-0.25, -0.2) is 0 Å². The van der Waals surface area contributed by atoms with Crippen molar-refractivity contribution in [1.29, 1.82) is 0 Å². The second kappa shape index (κ2) is 6.59. The molecular weight excluding hydrogens is 272 g/mol. The predicted molar refractivity (Wildman–Crippen MR) is 82.8 cm³/mol. The Bertz CT molecular complexity index is 469. The molecule has 2 rings (SSSR count). The number of hydrogen-bond donors (Lipinski definition) is 1. The number of rotatable bonds is 5. The first kappa shape index (κ1) is 15.3. The monoisotopic (exact) mass is 294 g/mol. The summed E-state index contributed by atoms with van der Waals surface area (Å²) < 4.78 is 0. The third-order valence-electron chi connectivity index (χ3n) is 4.19. The van der Waals surface area contributed by atoms with E-state index in [4.69, 9.17) is 11.6 Å². The molecule has 1 fully saturated rings. The molecule has 1 atom stereocenters. The molecule has 1 aromatic carbocycles. The fourth-order valence-corrected chi connectivity index (χ4v) is 3.14. The Morgan fingerprint density at radius 1 is 1.45 bits per heavy atom. The molecule has 1 aromatic rings. The Labute approximate surface area is 126 Å². The molecule has 0 aromatic heterocycles. The Kier molecular flexibility index (Phi) is 5.06. The summed E-state index contributed by atoms with van der Waals surface area (Å²) in [4.78, 5) is 14.8. The molecule has 1 aliphatic heterocycles. The number of carbonyl (C=O) groups is 1. The van der Waals surface area contributed by atoms with Crippen molar-refractivity contribution in [2.24, 2.45) is 0 Å². The van der Waals surface area contributed by atoms with Gasteiger partial charge >= 0.3 is 0 Å². The van der Waals surface area contributed by atoms with Gasteiger partial charge in [0.2, 0.25) is 5.91 Å². The Balaban J connectivity index is 2.13. The fraction of sp³-hybridized carbons (Fsp3) is 0.562. The molecule has 1 unspecified atom stereocenters. The first-order valence-electron chi connectivity index (χ1n) is 7.40. The minimum atomic E-state index is -0.353. The van der Waals surface area contributed by atoms with Gasteiger partial charge in [0.1, 0.15) is 0 Å². The van der Waals surface area contributed by atoms with Gasteiger partial charge in [0, 0.05) is 18.1 Å². The summed E-state index contributed by atoms with van der Waals surface area (Å²) in [5, 5.41) is 4.13. The quantitative estimate of drug-likeness (QED) is 0.904. The summed E-state index contributed by atoms with van der Waals surface area (Å²) in [6.45, 7) is 6.40. The molecule has 0 aliphatic carbocycles. The van der Waals surface area contributed by atoms with Crippen LogP contribution in [0.25, 0.3) is 0 Å². The van der Waals surface area contributed by atoms with Gasteiger partial charge in [0.25, 0.3) is 0 Å². The van der Waals surface area contributed by atoms with Gasteiger partial charge in [-0.1, -0.05) is 30.7 Å². The van der Waals surface area contributed by atoms with Crippen LogP contribution in [-0.4, -0.2) is 29.4 Å². The molecule has 1 amide bonds. The minimum Gasteiger partial charge on any atom is -0.337 e. The highest BCUT2D eigenvalue weighted by atomic mass is 35.5. The second-order valence-electron chi connectivity index (χ2n) is 5.42. The highest BCUT2D eigenvalue weighted by Gasteiger charge is 2.41. The number of amides is 1. The van der Waals surface area contributed by atoms with E-state index in [2.05, 4.69) is 12.2 Å². The number of benzene rings is 1. The van der Waals surface area contributed by atoms with Crippen molar-refractivity contribution < 1.29 is 4.79 Å². The Morgan fingerprint density at radius 3 is 2.80 bits per heavy atom. The van der Waals surface area contributed by atoms with Crippen LogP contribution in [0.2, 0.25) is 5.02 Å². The molecule has 110 valence electrons. The lowest BCUT2D eigenvalue weighted by molar-refractivity contribution is -0.138. The summed E-state index contributed by atoms with van der Waals surface area (Å²) in [5.41, 5.74) is 0.728. The number of nitrogens with zero attached hydrogens (tertiary/aromatic N) is 1. The topological polar surface area (TPSA) is 32.3 Å². The largest absolute Gasteiger partial charge is 0.337 e. The molecule has 1 heterocycles. The third-order valence-corrected chi connectivity index (χ3v) is 4.42. The van der Waals surface area contributed by atoms with E-state index < -0.39 is 0 Å². The first-order chi connectivity index (χ1) is 9.61. The summed E-state index contributed by atoms with van der Waals surface area (Å²) in [6.07, 6.45) is 2.86. The minimum absolute atomic E-state index is 0.222. The molecule has 0 saturated carbocycles. The highest BCUT2D eigenvalue weighted by Crippen LogP contribution is 2.26. The van der Waals surface area contributed by atoms with Crippen LogP contribution in [0, 0.1) is 0 Å². The smallest absolute Gasteiger partial charge is 0.243 e. The number of halogens is 1. The highest BCUT2D eigenvalue weighted by molar-refractivity contribution is 6.30. The van der Waals surface area contributed by atoms with Crippen molar-refractivity contribution in [3.8, 4) is 0 Å². The van der Waals surface area contributed by atoms with E-state index in [1.165, 1.54) is 0 Å². The predicted octanol–water partition coefficient (Wildman–Crippen LogP) is 3.22. The normalized spacial score (nSPS) is 21.9. The van der Waals surface area contributed by atoms with Crippen molar-refractivity contribution in [2.45, 2.75) is 45.2 Å². The third kappa shape index (κ3) is 3.15. The average molecular weight is 295 g/mol. The first-order valence-corrected chi connectivity index (χ1v) is 7.78. The van der Waals surface area contributed by atoms with E-state index in [-0.39, 0.29) is 11.4 Å².